The summed E-state index contributed by atoms with van der Waals surface area (Å²) in [5.41, 5.74) is 5.08. The van der Waals surface area contributed by atoms with Crippen LogP contribution in [0.1, 0.15) is 25.0 Å². The number of fused-ring (bicyclic) bond motifs is 1. The number of carbonyl (C=O) groups excluding carboxylic acids is 3. The maximum atomic E-state index is 12.9. The molecule has 11 nitrogen and oxygen atoms in total. The van der Waals surface area contributed by atoms with Crippen LogP contribution in [0.25, 0.3) is 0 Å². The molecular formula is C16H21F3N6O5. The van der Waals surface area contributed by atoms with Gasteiger partial charge in [0, 0.05) is 19.6 Å². The summed E-state index contributed by atoms with van der Waals surface area (Å²) >= 11 is 0. The lowest BCUT2D eigenvalue weighted by atomic mass is 10.1. The van der Waals surface area contributed by atoms with Crippen molar-refractivity contribution in [3.63, 3.8) is 0 Å². The molecule has 0 bridgehead atoms. The van der Waals surface area contributed by atoms with Crippen LogP contribution in [0.2, 0.25) is 0 Å². The van der Waals surface area contributed by atoms with Crippen LogP contribution in [-0.2, 0) is 38.3 Å². The Labute approximate surface area is 168 Å². The number of morpholine rings is 1. The van der Waals surface area contributed by atoms with Crippen molar-refractivity contribution < 1.29 is 37.0 Å². The molecule has 3 rings (SSSR count). The van der Waals surface area contributed by atoms with Crippen molar-refractivity contribution >= 4 is 17.9 Å². The Balaban J connectivity index is 1.65. The molecule has 3 heterocycles. The van der Waals surface area contributed by atoms with Gasteiger partial charge >= 0.3 is 12.3 Å². The van der Waals surface area contributed by atoms with Gasteiger partial charge in [0.05, 0.1) is 25.6 Å². The number of primary amides is 1. The van der Waals surface area contributed by atoms with Crippen molar-refractivity contribution in [2.75, 3.05) is 26.2 Å². The zero-order valence-electron chi connectivity index (χ0n) is 16.1. The Morgan fingerprint density at radius 1 is 1.33 bits per heavy atom. The highest BCUT2D eigenvalue weighted by Crippen LogP contribution is 2.29. The van der Waals surface area contributed by atoms with Crippen molar-refractivity contribution in [1.29, 1.82) is 0 Å². The third-order valence-corrected chi connectivity index (χ3v) is 4.79. The van der Waals surface area contributed by atoms with Crippen LogP contribution in [-0.4, -0.2) is 80.9 Å². The van der Waals surface area contributed by atoms with Gasteiger partial charge in [-0.25, -0.2) is 4.79 Å². The topological polar surface area (TPSA) is 133 Å². The minimum Gasteiger partial charge on any atom is -0.444 e. The monoisotopic (exact) mass is 434 g/mol. The first-order valence-corrected chi connectivity index (χ1v) is 9.17. The van der Waals surface area contributed by atoms with Crippen LogP contribution in [0.15, 0.2) is 0 Å². The number of alkyl halides is 3. The van der Waals surface area contributed by atoms with Crippen molar-refractivity contribution in [1.82, 2.24) is 24.6 Å². The van der Waals surface area contributed by atoms with E-state index in [-0.39, 0.29) is 63.6 Å². The minimum atomic E-state index is -4.64. The number of halogens is 3. The first-order valence-electron chi connectivity index (χ1n) is 9.17. The van der Waals surface area contributed by atoms with E-state index < -0.39 is 30.1 Å². The molecule has 2 aliphatic rings. The molecule has 3 amide bonds. The van der Waals surface area contributed by atoms with Crippen molar-refractivity contribution in [2.45, 2.75) is 44.8 Å². The Morgan fingerprint density at radius 2 is 2.07 bits per heavy atom. The van der Waals surface area contributed by atoms with Gasteiger partial charge in [-0.2, -0.15) is 13.2 Å². The molecule has 2 atom stereocenters. The van der Waals surface area contributed by atoms with E-state index in [9.17, 15) is 27.6 Å². The molecule has 1 aromatic rings. The summed E-state index contributed by atoms with van der Waals surface area (Å²) in [6, 6.07) is 0. The van der Waals surface area contributed by atoms with Gasteiger partial charge in [0.25, 0.3) is 0 Å². The summed E-state index contributed by atoms with van der Waals surface area (Å²) in [7, 11) is 0. The average Bonchev–Trinajstić information content (AvgIpc) is 3.07. The van der Waals surface area contributed by atoms with Crippen molar-refractivity contribution in [3.05, 3.63) is 11.6 Å². The van der Waals surface area contributed by atoms with E-state index in [1.807, 2.05) is 0 Å². The number of nitrogens with two attached hydrogens (primary N) is 1. The van der Waals surface area contributed by atoms with E-state index in [4.69, 9.17) is 15.2 Å². The summed E-state index contributed by atoms with van der Waals surface area (Å²) in [4.78, 5) is 38.6. The van der Waals surface area contributed by atoms with Gasteiger partial charge in [-0.15, -0.1) is 10.2 Å². The molecule has 30 heavy (non-hydrogen) atoms. The van der Waals surface area contributed by atoms with E-state index in [2.05, 4.69) is 10.2 Å². The number of rotatable bonds is 5. The van der Waals surface area contributed by atoms with Gasteiger partial charge in [-0.3, -0.25) is 9.59 Å². The number of ether oxygens (including phenoxy) is 2. The lowest BCUT2D eigenvalue weighted by molar-refractivity contribution is -0.151. The van der Waals surface area contributed by atoms with Crippen LogP contribution in [0, 0.1) is 0 Å². The second-order valence-electron chi connectivity index (χ2n) is 7.09. The highest BCUT2D eigenvalue weighted by Gasteiger charge is 2.40. The fourth-order valence-corrected chi connectivity index (χ4v) is 3.40. The predicted molar refractivity (Wildman–Crippen MR) is 91.5 cm³/mol. The van der Waals surface area contributed by atoms with Gasteiger partial charge in [0.1, 0.15) is 12.7 Å². The first-order chi connectivity index (χ1) is 14.0. The van der Waals surface area contributed by atoms with Crippen LogP contribution in [0.4, 0.5) is 18.0 Å². The third kappa shape index (κ3) is 4.98. The number of amides is 3. The fourth-order valence-electron chi connectivity index (χ4n) is 3.40. The molecule has 1 fully saturated rings. The number of aromatic nitrogens is 3. The molecule has 0 aliphatic carbocycles. The summed E-state index contributed by atoms with van der Waals surface area (Å²) in [6.45, 7) is 1.57. The zero-order valence-corrected chi connectivity index (χ0v) is 16.1. The predicted octanol–water partition coefficient (Wildman–Crippen LogP) is -0.260. The lowest BCUT2D eigenvalue weighted by Crippen LogP contribution is -2.50. The average molecular weight is 434 g/mol. The molecule has 1 saturated heterocycles. The lowest BCUT2D eigenvalue weighted by Gasteiger charge is -2.34. The minimum absolute atomic E-state index is 0.00373. The zero-order chi connectivity index (χ0) is 22.1. The second-order valence-corrected chi connectivity index (χ2v) is 7.09. The van der Waals surface area contributed by atoms with Crippen LogP contribution >= 0.6 is 0 Å². The summed E-state index contributed by atoms with van der Waals surface area (Å²) in [6.07, 6.45) is -7.25. The highest BCUT2D eigenvalue weighted by molar-refractivity contribution is 5.79. The molecule has 14 heteroatoms. The third-order valence-electron chi connectivity index (χ3n) is 4.79. The van der Waals surface area contributed by atoms with Crippen molar-refractivity contribution in [3.8, 4) is 0 Å². The molecule has 0 radical (unpaired) electrons. The highest BCUT2D eigenvalue weighted by atomic mass is 19.4. The molecule has 1 aromatic heterocycles. The Bertz CT molecular complexity index is 829. The van der Waals surface area contributed by atoms with Gasteiger partial charge in [0.2, 0.25) is 17.6 Å². The summed E-state index contributed by atoms with van der Waals surface area (Å²) in [5.74, 6) is -1.90. The van der Waals surface area contributed by atoms with Gasteiger partial charge in [-0.1, -0.05) is 0 Å². The number of hydrogen-bond donors (Lipinski definition) is 1. The van der Waals surface area contributed by atoms with Gasteiger partial charge < -0.3 is 29.6 Å². The SMILES string of the molecule is C[C@H]1CN(C[C@H](CC(=O)N2CCn3c(nnc3C(F)(F)F)C2)OC(N)=O)C(=O)CO1. The summed E-state index contributed by atoms with van der Waals surface area (Å²) in [5, 5.41) is 6.69. The molecule has 2 N–H and O–H groups in total. The van der Waals surface area contributed by atoms with Crippen LogP contribution < -0.4 is 5.73 Å². The summed E-state index contributed by atoms with van der Waals surface area (Å²) < 4.78 is 49.9. The Kier molecular flexibility index (Phi) is 6.14. The standard InChI is InChI=1S/C16H21F3N6O5/c1-9-5-24(13(27)8-29-9)6-10(30-15(20)28)4-12(26)23-2-3-25-11(7-23)21-22-14(25)16(17,18)19/h9-10H,2-8H2,1H3,(H2,20,28)/t9-,10-/m0/s1. The normalized spacial score (nSPS) is 20.7. The maximum Gasteiger partial charge on any atom is 0.451 e. The van der Waals surface area contributed by atoms with Crippen molar-refractivity contribution in [2.24, 2.45) is 5.73 Å². The number of carbonyl (C=O) groups is 3. The first kappa shape index (κ1) is 21.8. The van der Waals surface area contributed by atoms with E-state index >= 15 is 0 Å². The second kappa shape index (κ2) is 8.45. The maximum absolute atomic E-state index is 12.9. The molecule has 0 saturated carbocycles. The van der Waals surface area contributed by atoms with Crippen LogP contribution in [0.5, 0.6) is 0 Å². The molecule has 2 aliphatic heterocycles. The van der Waals surface area contributed by atoms with Gasteiger partial charge in [-0.05, 0) is 6.92 Å². The van der Waals surface area contributed by atoms with Gasteiger partial charge in [0.15, 0.2) is 5.82 Å². The molecular weight excluding hydrogens is 413 g/mol. The largest absolute Gasteiger partial charge is 0.451 e. The number of hydrogen-bond acceptors (Lipinski definition) is 7. The molecule has 166 valence electrons. The van der Waals surface area contributed by atoms with E-state index in [0.29, 0.717) is 0 Å². The quantitative estimate of drug-likeness (QED) is 0.675. The molecule has 0 spiro atoms. The number of nitrogens with zero attached hydrogens (tertiary/aromatic N) is 5. The van der Waals surface area contributed by atoms with E-state index in [1.165, 1.54) is 9.80 Å². The van der Waals surface area contributed by atoms with E-state index in [1.54, 1.807) is 6.92 Å². The smallest absolute Gasteiger partial charge is 0.444 e. The van der Waals surface area contributed by atoms with Crippen LogP contribution in [0.3, 0.4) is 0 Å². The Morgan fingerprint density at radius 3 is 2.73 bits per heavy atom. The Hall–Kier alpha value is -2.90. The van der Waals surface area contributed by atoms with E-state index in [0.717, 1.165) is 4.57 Å². The molecule has 0 unspecified atom stereocenters. The fraction of sp³-hybridized carbons (Fsp3) is 0.688. The molecule has 0 aromatic carbocycles.